The molecule has 1 atom stereocenters. The molecule has 0 radical (unpaired) electrons. The maximum absolute atomic E-state index is 9.84. The number of nitrogens with zero attached hydrogens (tertiary/aromatic N) is 3. The Bertz CT molecular complexity index is 644. The number of nitrogens with one attached hydrogen (secondary N) is 1. The van der Waals surface area contributed by atoms with Gasteiger partial charge in [-0.05, 0) is 5.56 Å². The molecule has 2 heterocycles. The number of aliphatic hydroxyl groups is 1. The van der Waals surface area contributed by atoms with E-state index in [0.717, 1.165) is 43.4 Å². The van der Waals surface area contributed by atoms with Gasteiger partial charge in [-0.25, -0.2) is 9.97 Å². The van der Waals surface area contributed by atoms with Crippen molar-refractivity contribution in [2.24, 2.45) is 0 Å². The molecule has 6 nitrogen and oxygen atoms in total. The lowest BCUT2D eigenvalue weighted by atomic mass is 9.83. The third kappa shape index (κ3) is 4.54. The van der Waals surface area contributed by atoms with Crippen molar-refractivity contribution in [1.82, 2.24) is 15.3 Å². The van der Waals surface area contributed by atoms with Gasteiger partial charge in [0.05, 0.1) is 19.8 Å². The van der Waals surface area contributed by atoms with Crippen molar-refractivity contribution in [2.45, 2.75) is 18.9 Å². The van der Waals surface area contributed by atoms with Crippen LogP contribution in [-0.2, 0) is 16.7 Å². The lowest BCUT2D eigenvalue weighted by Crippen LogP contribution is -2.38. The number of benzene rings is 1. The number of anilines is 1. The molecule has 3 rings (SSSR count). The summed E-state index contributed by atoms with van der Waals surface area (Å²) in [6, 6.07) is 10.1. The van der Waals surface area contributed by atoms with Crippen molar-refractivity contribution in [3.05, 3.63) is 53.9 Å². The molecule has 2 aromatic rings. The summed E-state index contributed by atoms with van der Waals surface area (Å²) in [5.74, 6) is 0.761. The minimum atomic E-state index is -0.310. The van der Waals surface area contributed by atoms with Gasteiger partial charge in [-0.15, -0.1) is 0 Å². The van der Waals surface area contributed by atoms with Crippen LogP contribution in [0.25, 0.3) is 0 Å². The fourth-order valence-electron chi connectivity index (χ4n) is 2.94. The maximum Gasteiger partial charge on any atom is 0.225 e. The van der Waals surface area contributed by atoms with Crippen molar-refractivity contribution in [3.63, 3.8) is 0 Å². The van der Waals surface area contributed by atoms with E-state index in [1.807, 2.05) is 30.6 Å². The average molecular weight is 342 g/mol. The first-order chi connectivity index (χ1) is 12.2. The Kier molecular flexibility index (Phi) is 5.96. The first-order valence-corrected chi connectivity index (χ1v) is 8.72. The molecule has 1 aliphatic rings. The number of ether oxygens (including phenoxy) is 1. The highest BCUT2D eigenvalue weighted by Gasteiger charge is 2.25. The first kappa shape index (κ1) is 17.8. The second-order valence-electron chi connectivity index (χ2n) is 6.68. The van der Waals surface area contributed by atoms with E-state index in [1.54, 1.807) is 0 Å². The Balaban J connectivity index is 1.54. The number of morpholine rings is 1. The van der Waals surface area contributed by atoms with E-state index < -0.39 is 0 Å². The van der Waals surface area contributed by atoms with Crippen molar-refractivity contribution in [2.75, 3.05) is 44.4 Å². The number of hydrogen-bond donors (Lipinski definition) is 2. The fourth-order valence-corrected chi connectivity index (χ4v) is 2.94. The zero-order valence-corrected chi connectivity index (χ0v) is 14.7. The van der Waals surface area contributed by atoms with Gasteiger partial charge in [-0.3, -0.25) is 0 Å². The van der Waals surface area contributed by atoms with E-state index in [2.05, 4.69) is 39.2 Å². The van der Waals surface area contributed by atoms with E-state index in [4.69, 9.17) is 4.74 Å². The summed E-state index contributed by atoms with van der Waals surface area (Å²) >= 11 is 0. The van der Waals surface area contributed by atoms with Crippen LogP contribution >= 0.6 is 0 Å². The number of rotatable bonds is 7. The Hall–Kier alpha value is -2.02. The third-order valence-electron chi connectivity index (χ3n) is 4.65. The van der Waals surface area contributed by atoms with Gasteiger partial charge >= 0.3 is 0 Å². The van der Waals surface area contributed by atoms with Crippen LogP contribution in [0.3, 0.4) is 0 Å². The van der Waals surface area contributed by atoms with Gasteiger partial charge in [0.2, 0.25) is 5.95 Å². The molecule has 6 heteroatoms. The minimum absolute atomic E-state index is 0.0937. The average Bonchev–Trinajstić information content (AvgIpc) is 2.70. The lowest BCUT2D eigenvalue weighted by molar-refractivity contribution is 0.122. The van der Waals surface area contributed by atoms with Crippen LogP contribution in [0.5, 0.6) is 0 Å². The third-order valence-corrected chi connectivity index (χ3v) is 4.65. The number of hydrogen-bond acceptors (Lipinski definition) is 6. The molecule has 0 aliphatic carbocycles. The van der Waals surface area contributed by atoms with E-state index in [1.165, 1.54) is 0 Å². The lowest BCUT2D eigenvalue weighted by Gasteiger charge is -2.28. The highest BCUT2D eigenvalue weighted by Crippen LogP contribution is 2.22. The van der Waals surface area contributed by atoms with Gasteiger partial charge in [0.15, 0.2) is 0 Å². The molecule has 2 N–H and O–H groups in total. The van der Waals surface area contributed by atoms with Crippen LogP contribution in [0.2, 0.25) is 0 Å². The molecular weight excluding hydrogens is 316 g/mol. The van der Waals surface area contributed by atoms with Gasteiger partial charge in [0, 0.05) is 49.6 Å². The summed E-state index contributed by atoms with van der Waals surface area (Å²) in [4.78, 5) is 11.1. The number of aliphatic hydroxyl groups excluding tert-OH is 1. The SMILES string of the molecule is C[C@@](CO)(CNCc1cnc(N2CCOCC2)nc1)c1ccccc1. The standard InChI is InChI=1S/C19H26N4O2/c1-19(15-24,17-5-3-2-4-6-17)14-20-11-16-12-21-18(22-13-16)23-7-9-25-10-8-23/h2-6,12-13,20,24H,7-11,14-15H2,1H3/t19-/m0/s1. The molecule has 1 saturated heterocycles. The summed E-state index contributed by atoms with van der Waals surface area (Å²) < 4.78 is 5.35. The molecule has 0 spiro atoms. The summed E-state index contributed by atoms with van der Waals surface area (Å²) in [5.41, 5.74) is 1.85. The van der Waals surface area contributed by atoms with Gasteiger partial charge < -0.3 is 20.1 Å². The predicted octanol–water partition coefficient (Wildman–Crippen LogP) is 1.35. The molecule has 134 valence electrons. The zero-order valence-electron chi connectivity index (χ0n) is 14.7. The van der Waals surface area contributed by atoms with Crippen LogP contribution in [0.4, 0.5) is 5.95 Å². The Morgan fingerprint density at radius 3 is 2.48 bits per heavy atom. The highest BCUT2D eigenvalue weighted by molar-refractivity contribution is 5.30. The number of aromatic nitrogens is 2. The van der Waals surface area contributed by atoms with Crippen LogP contribution in [0.1, 0.15) is 18.1 Å². The van der Waals surface area contributed by atoms with Gasteiger partial charge in [-0.2, -0.15) is 0 Å². The quantitative estimate of drug-likeness (QED) is 0.792. The molecule has 1 aliphatic heterocycles. The summed E-state index contributed by atoms with van der Waals surface area (Å²) in [7, 11) is 0. The molecule has 25 heavy (non-hydrogen) atoms. The van der Waals surface area contributed by atoms with Crippen molar-refractivity contribution < 1.29 is 9.84 Å². The van der Waals surface area contributed by atoms with Gasteiger partial charge in [-0.1, -0.05) is 37.3 Å². The predicted molar refractivity (Wildman–Crippen MR) is 97.7 cm³/mol. The second-order valence-corrected chi connectivity index (χ2v) is 6.68. The van der Waals surface area contributed by atoms with E-state index in [0.29, 0.717) is 13.1 Å². The molecule has 0 bridgehead atoms. The monoisotopic (exact) mass is 342 g/mol. The highest BCUT2D eigenvalue weighted by atomic mass is 16.5. The largest absolute Gasteiger partial charge is 0.395 e. The minimum Gasteiger partial charge on any atom is -0.395 e. The summed E-state index contributed by atoms with van der Waals surface area (Å²) in [6.07, 6.45) is 3.73. The molecule has 0 saturated carbocycles. The van der Waals surface area contributed by atoms with Crippen LogP contribution in [-0.4, -0.2) is 54.5 Å². The molecule has 1 aromatic heterocycles. The fraction of sp³-hybridized carbons (Fsp3) is 0.474. The van der Waals surface area contributed by atoms with Gasteiger partial charge in [0.25, 0.3) is 0 Å². The molecule has 1 aromatic carbocycles. The zero-order chi connectivity index (χ0) is 17.5. The van der Waals surface area contributed by atoms with Crippen molar-refractivity contribution in [1.29, 1.82) is 0 Å². The van der Waals surface area contributed by atoms with E-state index in [9.17, 15) is 5.11 Å². The first-order valence-electron chi connectivity index (χ1n) is 8.72. The van der Waals surface area contributed by atoms with E-state index in [-0.39, 0.29) is 12.0 Å². The Morgan fingerprint density at radius 2 is 1.84 bits per heavy atom. The van der Waals surface area contributed by atoms with Crippen LogP contribution < -0.4 is 10.2 Å². The summed E-state index contributed by atoms with van der Waals surface area (Å²) in [6.45, 7) is 6.64. The van der Waals surface area contributed by atoms with Crippen molar-refractivity contribution >= 4 is 5.95 Å². The maximum atomic E-state index is 9.84. The van der Waals surface area contributed by atoms with Crippen molar-refractivity contribution in [3.8, 4) is 0 Å². The molecule has 0 amide bonds. The smallest absolute Gasteiger partial charge is 0.225 e. The Morgan fingerprint density at radius 1 is 1.16 bits per heavy atom. The van der Waals surface area contributed by atoms with E-state index >= 15 is 0 Å². The molecule has 0 unspecified atom stereocenters. The molecular formula is C19H26N4O2. The molecule has 1 fully saturated rings. The topological polar surface area (TPSA) is 70.5 Å². The second kappa shape index (κ2) is 8.38. The van der Waals surface area contributed by atoms with Gasteiger partial charge in [0.1, 0.15) is 0 Å². The van der Waals surface area contributed by atoms with Crippen LogP contribution in [0, 0.1) is 0 Å². The Labute approximate surface area is 148 Å². The van der Waals surface area contributed by atoms with Crippen LogP contribution in [0.15, 0.2) is 42.7 Å². The normalized spacial score (nSPS) is 17.3. The summed E-state index contributed by atoms with van der Waals surface area (Å²) in [5, 5.41) is 13.3.